The standard InChI is InChI=1S/C12H14BrF4NO/c1-8(10-6-9(13)2-3-11(10)14)18-4-5-19-7-12(15,16)17/h2-3,6,8,18H,4-5,7H2,1H3. The van der Waals surface area contributed by atoms with Crippen LogP contribution in [0, 0.1) is 5.82 Å². The molecule has 0 aromatic heterocycles. The van der Waals surface area contributed by atoms with E-state index < -0.39 is 12.8 Å². The number of halogens is 5. The Kier molecular flexibility index (Phi) is 6.22. The molecule has 7 heteroatoms. The summed E-state index contributed by atoms with van der Waals surface area (Å²) >= 11 is 3.24. The number of rotatable bonds is 6. The van der Waals surface area contributed by atoms with Crippen LogP contribution in [0.25, 0.3) is 0 Å². The Morgan fingerprint density at radius 2 is 2.05 bits per heavy atom. The number of alkyl halides is 3. The highest BCUT2D eigenvalue weighted by atomic mass is 79.9. The fourth-order valence-corrected chi connectivity index (χ4v) is 1.87. The van der Waals surface area contributed by atoms with E-state index in [9.17, 15) is 17.6 Å². The van der Waals surface area contributed by atoms with Gasteiger partial charge in [-0.3, -0.25) is 0 Å². The largest absolute Gasteiger partial charge is 0.411 e. The minimum absolute atomic E-state index is 0.0839. The first kappa shape index (κ1) is 16.4. The molecule has 0 saturated carbocycles. The summed E-state index contributed by atoms with van der Waals surface area (Å²) in [4.78, 5) is 0. The summed E-state index contributed by atoms with van der Waals surface area (Å²) in [5.74, 6) is -0.362. The summed E-state index contributed by atoms with van der Waals surface area (Å²) < 4.78 is 54.1. The lowest BCUT2D eigenvalue weighted by atomic mass is 10.1. The van der Waals surface area contributed by atoms with Gasteiger partial charge in [-0.25, -0.2) is 4.39 Å². The molecule has 0 radical (unpaired) electrons. The van der Waals surface area contributed by atoms with E-state index in [1.54, 1.807) is 19.1 Å². The summed E-state index contributed by atoms with van der Waals surface area (Å²) in [6.45, 7) is 0.589. The lowest BCUT2D eigenvalue weighted by Crippen LogP contribution is -2.26. The van der Waals surface area contributed by atoms with Crippen LogP contribution in [-0.2, 0) is 4.74 Å². The second kappa shape index (κ2) is 7.21. The second-order valence-corrected chi connectivity index (χ2v) is 4.93. The van der Waals surface area contributed by atoms with Gasteiger partial charge in [0.15, 0.2) is 0 Å². The van der Waals surface area contributed by atoms with Gasteiger partial charge in [0.1, 0.15) is 12.4 Å². The molecule has 0 bridgehead atoms. The van der Waals surface area contributed by atoms with Gasteiger partial charge in [0.05, 0.1) is 6.61 Å². The molecule has 0 heterocycles. The summed E-state index contributed by atoms with van der Waals surface area (Å²) in [7, 11) is 0. The SMILES string of the molecule is CC(NCCOCC(F)(F)F)c1cc(Br)ccc1F. The summed E-state index contributed by atoms with van der Waals surface area (Å²) in [6, 6.07) is 4.23. The van der Waals surface area contributed by atoms with Crippen LogP contribution in [0.4, 0.5) is 17.6 Å². The van der Waals surface area contributed by atoms with Crippen LogP contribution < -0.4 is 5.32 Å². The highest BCUT2D eigenvalue weighted by Crippen LogP contribution is 2.21. The molecule has 0 amide bonds. The third-order valence-electron chi connectivity index (χ3n) is 2.39. The molecule has 108 valence electrons. The summed E-state index contributed by atoms with van der Waals surface area (Å²) in [5.41, 5.74) is 0.449. The third-order valence-corrected chi connectivity index (χ3v) is 2.88. The molecule has 1 aromatic carbocycles. The normalized spacial score (nSPS) is 13.6. The van der Waals surface area contributed by atoms with Crippen LogP contribution in [0.1, 0.15) is 18.5 Å². The maximum atomic E-state index is 13.5. The number of ether oxygens (including phenoxy) is 1. The first-order valence-electron chi connectivity index (χ1n) is 5.62. The molecule has 2 nitrogen and oxygen atoms in total. The van der Waals surface area contributed by atoms with Crippen molar-refractivity contribution in [2.75, 3.05) is 19.8 Å². The Morgan fingerprint density at radius 1 is 1.37 bits per heavy atom. The van der Waals surface area contributed by atoms with Crippen LogP contribution >= 0.6 is 15.9 Å². The van der Waals surface area contributed by atoms with Gasteiger partial charge in [0.25, 0.3) is 0 Å². The zero-order valence-corrected chi connectivity index (χ0v) is 11.8. The Morgan fingerprint density at radius 3 is 2.68 bits per heavy atom. The average Bonchev–Trinajstić information content (AvgIpc) is 2.30. The van der Waals surface area contributed by atoms with Gasteiger partial charge in [-0.2, -0.15) is 13.2 Å². The van der Waals surface area contributed by atoms with Crippen molar-refractivity contribution in [3.8, 4) is 0 Å². The number of hydrogen-bond donors (Lipinski definition) is 1. The van der Waals surface area contributed by atoms with Crippen molar-refractivity contribution in [2.45, 2.75) is 19.1 Å². The zero-order valence-electron chi connectivity index (χ0n) is 10.2. The van der Waals surface area contributed by atoms with Crippen molar-refractivity contribution in [3.63, 3.8) is 0 Å². The molecule has 0 aliphatic heterocycles. The quantitative estimate of drug-likeness (QED) is 0.626. The highest BCUT2D eigenvalue weighted by Gasteiger charge is 2.27. The maximum absolute atomic E-state index is 13.5. The van der Waals surface area contributed by atoms with E-state index in [4.69, 9.17) is 0 Å². The Balaban J connectivity index is 2.35. The first-order chi connectivity index (χ1) is 8.79. The average molecular weight is 344 g/mol. The first-order valence-corrected chi connectivity index (χ1v) is 6.42. The predicted molar refractivity (Wildman–Crippen MR) is 67.4 cm³/mol. The van der Waals surface area contributed by atoms with Crippen molar-refractivity contribution in [3.05, 3.63) is 34.1 Å². The van der Waals surface area contributed by atoms with Gasteiger partial charge in [0.2, 0.25) is 0 Å². The number of hydrogen-bond acceptors (Lipinski definition) is 2. The molecule has 19 heavy (non-hydrogen) atoms. The third kappa shape index (κ3) is 6.35. The van der Waals surface area contributed by atoms with Crippen LogP contribution in [-0.4, -0.2) is 25.9 Å². The van der Waals surface area contributed by atoms with Gasteiger partial charge in [-0.05, 0) is 25.1 Å². The van der Waals surface area contributed by atoms with Crippen LogP contribution in [0.2, 0.25) is 0 Å². The minimum atomic E-state index is -4.32. The van der Waals surface area contributed by atoms with Gasteiger partial charge < -0.3 is 10.1 Å². The molecule has 0 saturated heterocycles. The topological polar surface area (TPSA) is 21.3 Å². The molecular formula is C12H14BrF4NO. The zero-order chi connectivity index (χ0) is 14.5. The van der Waals surface area contributed by atoms with E-state index in [0.29, 0.717) is 5.56 Å². The second-order valence-electron chi connectivity index (χ2n) is 4.01. The molecule has 1 rings (SSSR count). The Bertz CT molecular complexity index is 411. The lowest BCUT2D eigenvalue weighted by Gasteiger charge is -2.15. The predicted octanol–water partition coefficient (Wildman–Crippen LogP) is 3.82. The fraction of sp³-hybridized carbons (Fsp3) is 0.500. The monoisotopic (exact) mass is 343 g/mol. The smallest absolute Gasteiger partial charge is 0.371 e. The van der Waals surface area contributed by atoms with E-state index in [2.05, 4.69) is 26.0 Å². The van der Waals surface area contributed by atoms with Gasteiger partial charge in [-0.1, -0.05) is 15.9 Å². The van der Waals surface area contributed by atoms with E-state index in [0.717, 1.165) is 4.47 Å². The van der Waals surface area contributed by atoms with Crippen molar-refractivity contribution < 1.29 is 22.3 Å². The Hall–Kier alpha value is -0.660. The molecule has 1 aromatic rings. The van der Waals surface area contributed by atoms with Gasteiger partial charge >= 0.3 is 6.18 Å². The molecule has 0 fully saturated rings. The molecule has 0 aliphatic carbocycles. The van der Waals surface area contributed by atoms with E-state index in [1.165, 1.54) is 6.07 Å². The van der Waals surface area contributed by atoms with Crippen molar-refractivity contribution in [1.29, 1.82) is 0 Å². The van der Waals surface area contributed by atoms with Crippen LogP contribution in [0.15, 0.2) is 22.7 Å². The van der Waals surface area contributed by atoms with Gasteiger partial charge in [0, 0.05) is 22.6 Å². The Labute approximate surface area is 117 Å². The number of benzene rings is 1. The van der Waals surface area contributed by atoms with E-state index in [-0.39, 0.29) is 25.0 Å². The molecular weight excluding hydrogens is 330 g/mol. The van der Waals surface area contributed by atoms with E-state index >= 15 is 0 Å². The number of nitrogens with one attached hydrogen (secondary N) is 1. The highest BCUT2D eigenvalue weighted by molar-refractivity contribution is 9.10. The lowest BCUT2D eigenvalue weighted by molar-refractivity contribution is -0.173. The maximum Gasteiger partial charge on any atom is 0.411 e. The molecule has 0 spiro atoms. The van der Waals surface area contributed by atoms with Gasteiger partial charge in [-0.15, -0.1) is 0 Å². The van der Waals surface area contributed by atoms with Crippen molar-refractivity contribution in [2.24, 2.45) is 0 Å². The molecule has 0 aliphatic rings. The van der Waals surface area contributed by atoms with Crippen molar-refractivity contribution >= 4 is 15.9 Å². The van der Waals surface area contributed by atoms with Crippen LogP contribution in [0.3, 0.4) is 0 Å². The van der Waals surface area contributed by atoms with E-state index in [1.807, 2.05) is 0 Å². The molecule has 1 unspecified atom stereocenters. The molecule has 1 atom stereocenters. The fourth-order valence-electron chi connectivity index (χ4n) is 1.49. The minimum Gasteiger partial charge on any atom is -0.371 e. The van der Waals surface area contributed by atoms with Crippen molar-refractivity contribution in [1.82, 2.24) is 5.32 Å². The van der Waals surface area contributed by atoms with Crippen LogP contribution in [0.5, 0.6) is 0 Å². The molecule has 1 N–H and O–H groups in total. The summed E-state index contributed by atoms with van der Waals surface area (Å²) in [6.07, 6.45) is -4.32. The summed E-state index contributed by atoms with van der Waals surface area (Å²) in [5, 5.41) is 2.90.